The highest BCUT2D eigenvalue weighted by molar-refractivity contribution is 6.30. The quantitative estimate of drug-likeness (QED) is 0.709. The summed E-state index contributed by atoms with van der Waals surface area (Å²) in [5.41, 5.74) is 3.50. The van der Waals surface area contributed by atoms with Crippen LogP contribution in [-0.2, 0) is 0 Å². The number of aromatic nitrogens is 2. The molecular formula is C19H19ClN4O. The van der Waals surface area contributed by atoms with Crippen LogP contribution in [0.3, 0.4) is 0 Å². The van der Waals surface area contributed by atoms with Crippen LogP contribution in [0.2, 0.25) is 5.02 Å². The molecule has 1 aliphatic rings. The Morgan fingerprint density at radius 1 is 1.12 bits per heavy atom. The number of nitrogens with zero attached hydrogens (tertiary/aromatic N) is 4. The topological polar surface area (TPSA) is 40.9 Å². The molecule has 25 heavy (non-hydrogen) atoms. The monoisotopic (exact) mass is 354 g/mol. The third kappa shape index (κ3) is 3.07. The molecule has 3 heterocycles. The number of rotatable bonds is 2. The van der Waals surface area contributed by atoms with Crippen molar-refractivity contribution in [3.05, 3.63) is 65.1 Å². The standard InChI is InChI=1S/C19H19ClN4O/c1-14-4-3-7-24-13-17(21-18(14)24)19(25)23-10-8-22(9-11-23)16-6-2-5-15(20)12-16/h2-7,12-13H,8-11H2,1H3. The maximum Gasteiger partial charge on any atom is 0.274 e. The van der Waals surface area contributed by atoms with Gasteiger partial charge in [-0.3, -0.25) is 4.79 Å². The molecule has 1 aromatic carbocycles. The second kappa shape index (κ2) is 6.41. The molecule has 6 heteroatoms. The zero-order valence-electron chi connectivity index (χ0n) is 14.0. The van der Waals surface area contributed by atoms with Crippen LogP contribution in [-0.4, -0.2) is 46.4 Å². The summed E-state index contributed by atoms with van der Waals surface area (Å²) in [4.78, 5) is 21.4. The Hall–Kier alpha value is -2.53. The number of hydrogen-bond acceptors (Lipinski definition) is 3. The molecule has 3 aromatic rings. The van der Waals surface area contributed by atoms with Gasteiger partial charge in [0.2, 0.25) is 0 Å². The highest BCUT2D eigenvalue weighted by atomic mass is 35.5. The molecule has 1 aliphatic heterocycles. The average molecular weight is 355 g/mol. The lowest BCUT2D eigenvalue weighted by Gasteiger charge is -2.35. The molecule has 0 saturated carbocycles. The number of halogens is 1. The van der Waals surface area contributed by atoms with Gasteiger partial charge in [0.25, 0.3) is 5.91 Å². The lowest BCUT2D eigenvalue weighted by Crippen LogP contribution is -2.48. The lowest BCUT2D eigenvalue weighted by molar-refractivity contribution is 0.0741. The zero-order valence-corrected chi connectivity index (χ0v) is 14.8. The van der Waals surface area contributed by atoms with Gasteiger partial charge >= 0.3 is 0 Å². The van der Waals surface area contributed by atoms with E-state index in [1.165, 1.54) is 0 Å². The molecule has 1 amide bonds. The summed E-state index contributed by atoms with van der Waals surface area (Å²) < 4.78 is 1.91. The maximum absolute atomic E-state index is 12.8. The molecule has 0 spiro atoms. The van der Waals surface area contributed by atoms with Crippen LogP contribution in [0, 0.1) is 6.92 Å². The summed E-state index contributed by atoms with van der Waals surface area (Å²) >= 11 is 6.07. The van der Waals surface area contributed by atoms with Crippen LogP contribution in [0.4, 0.5) is 5.69 Å². The van der Waals surface area contributed by atoms with E-state index in [1.807, 2.05) is 65.0 Å². The molecule has 0 aliphatic carbocycles. The van der Waals surface area contributed by atoms with Crippen LogP contribution in [0.1, 0.15) is 16.1 Å². The number of piperazine rings is 1. The Balaban J connectivity index is 1.48. The van der Waals surface area contributed by atoms with Gasteiger partial charge in [-0.05, 0) is 36.8 Å². The Morgan fingerprint density at radius 2 is 1.92 bits per heavy atom. The highest BCUT2D eigenvalue weighted by Crippen LogP contribution is 2.21. The Morgan fingerprint density at radius 3 is 2.64 bits per heavy atom. The SMILES string of the molecule is Cc1cccn2cc(C(=O)N3CCN(c4cccc(Cl)c4)CC3)nc12. The number of carbonyl (C=O) groups is 1. The van der Waals surface area contributed by atoms with E-state index < -0.39 is 0 Å². The second-order valence-electron chi connectivity index (χ2n) is 6.31. The molecular weight excluding hydrogens is 336 g/mol. The lowest BCUT2D eigenvalue weighted by atomic mass is 10.2. The normalized spacial score (nSPS) is 15.0. The van der Waals surface area contributed by atoms with Crippen molar-refractivity contribution in [2.75, 3.05) is 31.1 Å². The molecule has 1 fully saturated rings. The molecule has 0 bridgehead atoms. The number of fused-ring (bicyclic) bond motifs is 1. The smallest absolute Gasteiger partial charge is 0.274 e. The minimum Gasteiger partial charge on any atom is -0.368 e. The van der Waals surface area contributed by atoms with Crippen molar-refractivity contribution in [1.29, 1.82) is 0 Å². The van der Waals surface area contributed by atoms with E-state index in [1.54, 1.807) is 0 Å². The summed E-state index contributed by atoms with van der Waals surface area (Å²) in [6, 6.07) is 11.8. The molecule has 0 radical (unpaired) electrons. The second-order valence-corrected chi connectivity index (χ2v) is 6.74. The molecule has 5 nitrogen and oxygen atoms in total. The minimum absolute atomic E-state index is 0.00570. The van der Waals surface area contributed by atoms with Crippen molar-refractivity contribution < 1.29 is 4.79 Å². The third-order valence-electron chi connectivity index (χ3n) is 4.64. The summed E-state index contributed by atoms with van der Waals surface area (Å²) in [6.45, 7) is 4.94. The fourth-order valence-corrected chi connectivity index (χ4v) is 3.44. The first kappa shape index (κ1) is 16.0. The highest BCUT2D eigenvalue weighted by Gasteiger charge is 2.24. The Labute approximate surface area is 151 Å². The van der Waals surface area contributed by atoms with Gasteiger partial charge in [0, 0.05) is 49.3 Å². The number of amides is 1. The van der Waals surface area contributed by atoms with E-state index in [0.29, 0.717) is 18.8 Å². The van der Waals surface area contributed by atoms with Gasteiger partial charge < -0.3 is 14.2 Å². The molecule has 4 rings (SSSR count). The Bertz CT molecular complexity index is 928. The van der Waals surface area contributed by atoms with Crippen LogP contribution in [0.15, 0.2) is 48.8 Å². The molecule has 1 saturated heterocycles. The van der Waals surface area contributed by atoms with Crippen molar-refractivity contribution in [2.45, 2.75) is 6.92 Å². The van der Waals surface area contributed by atoms with Gasteiger partial charge in [0.05, 0.1) is 0 Å². The predicted molar refractivity (Wildman–Crippen MR) is 99.5 cm³/mol. The van der Waals surface area contributed by atoms with Crippen molar-refractivity contribution in [2.24, 2.45) is 0 Å². The first-order valence-electron chi connectivity index (χ1n) is 8.36. The average Bonchev–Trinajstić information content (AvgIpc) is 3.07. The number of carbonyl (C=O) groups excluding carboxylic acids is 1. The van der Waals surface area contributed by atoms with E-state index in [4.69, 9.17) is 11.6 Å². The molecule has 0 atom stereocenters. The van der Waals surface area contributed by atoms with Crippen molar-refractivity contribution in [3.8, 4) is 0 Å². The third-order valence-corrected chi connectivity index (χ3v) is 4.87. The van der Waals surface area contributed by atoms with Gasteiger partial charge in [-0.2, -0.15) is 0 Å². The van der Waals surface area contributed by atoms with E-state index in [0.717, 1.165) is 35.0 Å². The van der Waals surface area contributed by atoms with E-state index in [2.05, 4.69) is 9.88 Å². The predicted octanol–water partition coefficient (Wildman–Crippen LogP) is 3.26. The summed E-state index contributed by atoms with van der Waals surface area (Å²) in [5.74, 6) is -0.00570. The number of hydrogen-bond donors (Lipinski definition) is 0. The molecule has 0 N–H and O–H groups in total. The fraction of sp³-hybridized carbons (Fsp3) is 0.263. The first-order chi connectivity index (χ1) is 12.1. The van der Waals surface area contributed by atoms with Gasteiger partial charge in [0.15, 0.2) is 0 Å². The largest absolute Gasteiger partial charge is 0.368 e. The van der Waals surface area contributed by atoms with Crippen LogP contribution in [0.5, 0.6) is 0 Å². The number of pyridine rings is 1. The van der Waals surface area contributed by atoms with Gasteiger partial charge in [0.1, 0.15) is 11.3 Å². The first-order valence-corrected chi connectivity index (χ1v) is 8.74. The van der Waals surface area contributed by atoms with Gasteiger partial charge in [-0.25, -0.2) is 4.98 Å². The number of aryl methyl sites for hydroxylation is 1. The number of benzene rings is 1. The summed E-state index contributed by atoms with van der Waals surface area (Å²) in [5, 5.41) is 0.732. The zero-order chi connectivity index (χ0) is 17.4. The van der Waals surface area contributed by atoms with E-state index in [9.17, 15) is 4.79 Å². The maximum atomic E-state index is 12.8. The van der Waals surface area contributed by atoms with E-state index >= 15 is 0 Å². The van der Waals surface area contributed by atoms with Crippen molar-refractivity contribution in [1.82, 2.24) is 14.3 Å². The van der Waals surface area contributed by atoms with Crippen molar-refractivity contribution >= 4 is 28.8 Å². The summed E-state index contributed by atoms with van der Waals surface area (Å²) in [6.07, 6.45) is 3.73. The molecule has 128 valence electrons. The van der Waals surface area contributed by atoms with Crippen LogP contribution < -0.4 is 4.90 Å². The van der Waals surface area contributed by atoms with Crippen LogP contribution >= 0.6 is 11.6 Å². The number of anilines is 1. The van der Waals surface area contributed by atoms with Gasteiger partial charge in [-0.15, -0.1) is 0 Å². The molecule has 0 unspecified atom stereocenters. The fourth-order valence-electron chi connectivity index (χ4n) is 3.26. The summed E-state index contributed by atoms with van der Waals surface area (Å²) in [7, 11) is 0. The van der Waals surface area contributed by atoms with Gasteiger partial charge in [-0.1, -0.05) is 23.7 Å². The van der Waals surface area contributed by atoms with Crippen molar-refractivity contribution in [3.63, 3.8) is 0 Å². The number of imidazole rings is 1. The van der Waals surface area contributed by atoms with Crippen LogP contribution in [0.25, 0.3) is 5.65 Å². The Kier molecular flexibility index (Phi) is 4.09. The van der Waals surface area contributed by atoms with E-state index in [-0.39, 0.29) is 5.91 Å². The minimum atomic E-state index is -0.00570. The molecule has 2 aromatic heterocycles.